The van der Waals surface area contributed by atoms with Gasteiger partial charge < -0.3 is 14.6 Å². The lowest BCUT2D eigenvalue weighted by Gasteiger charge is -2.32. The fraction of sp³-hybridized carbons (Fsp3) is 0.217. The summed E-state index contributed by atoms with van der Waals surface area (Å²) < 4.78 is 5.83. The normalized spacial score (nSPS) is 14.6. The zero-order chi connectivity index (χ0) is 21.2. The molecule has 2 N–H and O–H groups in total. The second-order valence-corrected chi connectivity index (χ2v) is 7.62. The van der Waals surface area contributed by atoms with Gasteiger partial charge in [0.25, 0.3) is 5.56 Å². The SMILES string of the molecule is O=C(Nc1ccc2oc(-c3ccccc3)nc2c1)C1CCN(c2cn[nH]c(=O)c2)CC1. The molecule has 0 aliphatic carbocycles. The quantitative estimate of drug-likeness (QED) is 0.529. The van der Waals surface area contributed by atoms with Crippen molar-refractivity contribution in [2.45, 2.75) is 12.8 Å². The third kappa shape index (κ3) is 4.05. The van der Waals surface area contributed by atoms with Crippen LogP contribution in [0.15, 0.2) is 70.0 Å². The van der Waals surface area contributed by atoms with Gasteiger partial charge in [0.2, 0.25) is 11.8 Å². The van der Waals surface area contributed by atoms with E-state index in [1.807, 2.05) is 48.5 Å². The molecule has 1 amide bonds. The fourth-order valence-corrected chi connectivity index (χ4v) is 3.89. The van der Waals surface area contributed by atoms with Crippen LogP contribution in [0.4, 0.5) is 11.4 Å². The molecular formula is C23H21N5O3. The van der Waals surface area contributed by atoms with Crippen LogP contribution in [0.3, 0.4) is 0 Å². The van der Waals surface area contributed by atoms with Crippen LogP contribution >= 0.6 is 0 Å². The van der Waals surface area contributed by atoms with Crippen molar-refractivity contribution < 1.29 is 9.21 Å². The van der Waals surface area contributed by atoms with E-state index in [1.54, 1.807) is 6.20 Å². The van der Waals surface area contributed by atoms with E-state index in [9.17, 15) is 9.59 Å². The van der Waals surface area contributed by atoms with Crippen LogP contribution in [0.25, 0.3) is 22.6 Å². The maximum atomic E-state index is 12.8. The highest BCUT2D eigenvalue weighted by molar-refractivity contribution is 5.94. The Morgan fingerprint density at radius 2 is 1.90 bits per heavy atom. The number of anilines is 2. The van der Waals surface area contributed by atoms with Gasteiger partial charge in [-0.2, -0.15) is 5.10 Å². The molecular weight excluding hydrogens is 394 g/mol. The summed E-state index contributed by atoms with van der Waals surface area (Å²) in [6.45, 7) is 1.40. The van der Waals surface area contributed by atoms with Crippen molar-refractivity contribution >= 4 is 28.4 Å². The van der Waals surface area contributed by atoms with Crippen LogP contribution in [0.2, 0.25) is 0 Å². The summed E-state index contributed by atoms with van der Waals surface area (Å²) in [5, 5.41) is 9.23. The minimum Gasteiger partial charge on any atom is -0.436 e. The Labute approximate surface area is 177 Å². The number of carbonyl (C=O) groups is 1. The summed E-state index contributed by atoms with van der Waals surface area (Å²) in [5.74, 6) is 0.467. The Kier molecular flexibility index (Phi) is 4.95. The number of nitrogens with zero attached hydrogens (tertiary/aromatic N) is 3. The van der Waals surface area contributed by atoms with E-state index in [0.29, 0.717) is 48.6 Å². The number of carbonyl (C=O) groups excluding carboxylic acids is 1. The highest BCUT2D eigenvalue weighted by Gasteiger charge is 2.25. The van der Waals surface area contributed by atoms with Crippen molar-refractivity contribution in [2.24, 2.45) is 5.92 Å². The molecule has 31 heavy (non-hydrogen) atoms. The molecule has 1 fully saturated rings. The number of nitrogens with one attached hydrogen (secondary N) is 2. The molecule has 2 aromatic heterocycles. The maximum absolute atomic E-state index is 12.8. The van der Waals surface area contributed by atoms with Gasteiger partial charge in [0, 0.05) is 36.3 Å². The lowest BCUT2D eigenvalue weighted by Crippen LogP contribution is -2.38. The molecule has 0 radical (unpaired) electrons. The first-order valence-corrected chi connectivity index (χ1v) is 10.2. The Morgan fingerprint density at radius 1 is 1.10 bits per heavy atom. The van der Waals surface area contributed by atoms with E-state index in [2.05, 4.69) is 25.4 Å². The summed E-state index contributed by atoms with van der Waals surface area (Å²) in [6.07, 6.45) is 3.06. The summed E-state index contributed by atoms with van der Waals surface area (Å²) in [6, 6.07) is 16.7. The number of aromatic nitrogens is 3. The zero-order valence-electron chi connectivity index (χ0n) is 16.7. The van der Waals surface area contributed by atoms with E-state index in [0.717, 1.165) is 11.3 Å². The van der Waals surface area contributed by atoms with Crippen molar-refractivity contribution in [1.82, 2.24) is 15.2 Å². The smallest absolute Gasteiger partial charge is 0.266 e. The molecule has 0 bridgehead atoms. The summed E-state index contributed by atoms with van der Waals surface area (Å²) in [7, 11) is 0. The number of rotatable bonds is 4. The molecule has 156 valence electrons. The molecule has 0 saturated carbocycles. The zero-order valence-corrected chi connectivity index (χ0v) is 16.7. The molecule has 5 rings (SSSR count). The average Bonchev–Trinajstić information content (AvgIpc) is 3.23. The van der Waals surface area contributed by atoms with Gasteiger partial charge in [-0.15, -0.1) is 0 Å². The van der Waals surface area contributed by atoms with Gasteiger partial charge in [0.15, 0.2) is 5.58 Å². The molecule has 8 nitrogen and oxygen atoms in total. The van der Waals surface area contributed by atoms with Crippen LogP contribution in [0.5, 0.6) is 0 Å². The lowest BCUT2D eigenvalue weighted by atomic mass is 9.95. The van der Waals surface area contributed by atoms with Crippen molar-refractivity contribution in [2.75, 3.05) is 23.3 Å². The average molecular weight is 415 g/mol. The number of aromatic amines is 1. The molecule has 2 aromatic carbocycles. The highest BCUT2D eigenvalue weighted by Crippen LogP contribution is 2.27. The molecule has 1 aliphatic rings. The van der Waals surface area contributed by atoms with Gasteiger partial charge in [-0.25, -0.2) is 10.1 Å². The molecule has 1 aliphatic heterocycles. The summed E-state index contributed by atoms with van der Waals surface area (Å²) >= 11 is 0. The Bertz CT molecular complexity index is 1270. The number of fused-ring (bicyclic) bond motifs is 1. The van der Waals surface area contributed by atoms with Crippen molar-refractivity contribution in [3.8, 4) is 11.5 Å². The predicted octanol–water partition coefficient (Wildman–Crippen LogP) is 3.43. The number of amides is 1. The van der Waals surface area contributed by atoms with Gasteiger partial charge in [0.05, 0.1) is 11.9 Å². The van der Waals surface area contributed by atoms with E-state index in [1.165, 1.54) is 6.07 Å². The Hall–Kier alpha value is -3.94. The van der Waals surface area contributed by atoms with Gasteiger partial charge in [-0.1, -0.05) is 18.2 Å². The van der Waals surface area contributed by atoms with E-state index >= 15 is 0 Å². The summed E-state index contributed by atoms with van der Waals surface area (Å²) in [4.78, 5) is 30.9. The second-order valence-electron chi connectivity index (χ2n) is 7.62. The lowest BCUT2D eigenvalue weighted by molar-refractivity contribution is -0.120. The Morgan fingerprint density at radius 3 is 2.68 bits per heavy atom. The largest absolute Gasteiger partial charge is 0.436 e. The number of hydrogen-bond acceptors (Lipinski definition) is 6. The number of piperidine rings is 1. The van der Waals surface area contributed by atoms with Crippen LogP contribution in [0, 0.1) is 5.92 Å². The molecule has 0 unspecified atom stereocenters. The van der Waals surface area contributed by atoms with Crippen molar-refractivity contribution in [1.29, 1.82) is 0 Å². The first-order valence-electron chi connectivity index (χ1n) is 10.2. The predicted molar refractivity (Wildman–Crippen MR) is 118 cm³/mol. The highest BCUT2D eigenvalue weighted by atomic mass is 16.3. The molecule has 1 saturated heterocycles. The first kappa shape index (κ1) is 19.0. The third-order valence-corrected chi connectivity index (χ3v) is 5.56. The van der Waals surface area contributed by atoms with E-state index in [4.69, 9.17) is 4.42 Å². The first-order chi connectivity index (χ1) is 15.2. The van der Waals surface area contributed by atoms with Crippen LogP contribution in [-0.4, -0.2) is 34.2 Å². The minimum absolute atomic E-state index is 0.00480. The number of hydrogen-bond donors (Lipinski definition) is 2. The topological polar surface area (TPSA) is 104 Å². The van der Waals surface area contributed by atoms with Gasteiger partial charge in [0.1, 0.15) is 5.52 Å². The second kappa shape index (κ2) is 8.06. The van der Waals surface area contributed by atoms with E-state index < -0.39 is 0 Å². The third-order valence-electron chi connectivity index (χ3n) is 5.56. The van der Waals surface area contributed by atoms with Crippen LogP contribution < -0.4 is 15.8 Å². The number of benzene rings is 2. The monoisotopic (exact) mass is 415 g/mol. The van der Waals surface area contributed by atoms with Gasteiger partial charge in [-0.05, 0) is 43.2 Å². The number of oxazole rings is 1. The fourth-order valence-electron chi connectivity index (χ4n) is 3.89. The standard InChI is InChI=1S/C23H21N5O3/c29-21-13-18(14-24-27-21)28-10-8-15(9-11-28)22(30)25-17-6-7-20-19(12-17)26-23(31-20)16-4-2-1-3-5-16/h1-7,12-15H,8-11H2,(H,25,30)(H,27,29). The van der Waals surface area contributed by atoms with Gasteiger partial charge >= 0.3 is 0 Å². The molecule has 0 spiro atoms. The molecule has 3 heterocycles. The molecule has 0 atom stereocenters. The molecule has 8 heteroatoms. The number of H-pyrrole nitrogens is 1. The van der Waals surface area contributed by atoms with Crippen molar-refractivity contribution in [3.63, 3.8) is 0 Å². The van der Waals surface area contributed by atoms with Crippen LogP contribution in [0.1, 0.15) is 12.8 Å². The Balaban J connectivity index is 1.25. The van der Waals surface area contributed by atoms with Gasteiger partial charge in [-0.3, -0.25) is 9.59 Å². The van der Waals surface area contributed by atoms with E-state index in [-0.39, 0.29) is 17.4 Å². The minimum atomic E-state index is -0.226. The summed E-state index contributed by atoms with van der Waals surface area (Å²) in [5.41, 5.74) is 3.55. The maximum Gasteiger partial charge on any atom is 0.266 e. The van der Waals surface area contributed by atoms with Crippen molar-refractivity contribution in [3.05, 3.63) is 71.1 Å². The van der Waals surface area contributed by atoms with Crippen LogP contribution in [-0.2, 0) is 4.79 Å². The molecule has 4 aromatic rings.